The number of phenolic OH excluding ortho intramolecular Hbond substituents is 1. The Morgan fingerprint density at radius 2 is 1.67 bits per heavy atom. The number of benzene rings is 1. The molecule has 1 aromatic carbocycles. The molecule has 0 aliphatic carbocycles. The van der Waals surface area contributed by atoms with E-state index in [1.54, 1.807) is 0 Å². The Kier molecular flexibility index (Phi) is 3.20. The SMILES string of the molecule is Cc1ccc(C)c([S+]([O-])C(F)(F)F)c1O. The highest BCUT2D eigenvalue weighted by Gasteiger charge is 2.48. The maximum atomic E-state index is 12.2. The van der Waals surface area contributed by atoms with Crippen molar-refractivity contribution in [2.45, 2.75) is 24.3 Å². The first-order chi connectivity index (χ1) is 6.75. The zero-order valence-electron chi connectivity index (χ0n) is 8.05. The number of aryl methyl sites for hydroxylation is 2. The number of aromatic hydroxyl groups is 1. The quantitative estimate of drug-likeness (QED) is 0.764. The van der Waals surface area contributed by atoms with Crippen LogP contribution in [0.2, 0.25) is 0 Å². The molecule has 1 unspecified atom stereocenters. The summed E-state index contributed by atoms with van der Waals surface area (Å²) in [5, 5.41) is 9.42. The third-order valence-corrected chi connectivity index (χ3v) is 3.23. The van der Waals surface area contributed by atoms with Crippen LogP contribution in [-0.2, 0) is 11.2 Å². The van der Waals surface area contributed by atoms with E-state index in [0.717, 1.165) is 0 Å². The average molecular weight is 238 g/mol. The first kappa shape index (κ1) is 12.2. The minimum absolute atomic E-state index is 0.161. The summed E-state index contributed by atoms with van der Waals surface area (Å²) < 4.78 is 47.7. The fraction of sp³-hybridized carbons (Fsp3) is 0.333. The third kappa shape index (κ3) is 2.38. The van der Waals surface area contributed by atoms with Gasteiger partial charge in [-0.05, 0) is 19.4 Å². The molecule has 0 saturated heterocycles. The molecular weight excluding hydrogens is 229 g/mol. The van der Waals surface area contributed by atoms with Gasteiger partial charge < -0.3 is 9.66 Å². The van der Waals surface area contributed by atoms with Crippen LogP contribution in [0.25, 0.3) is 0 Å². The lowest BCUT2D eigenvalue weighted by Crippen LogP contribution is -2.24. The van der Waals surface area contributed by atoms with Crippen LogP contribution in [-0.4, -0.2) is 15.2 Å². The molecule has 0 spiro atoms. The highest BCUT2D eigenvalue weighted by Crippen LogP contribution is 2.38. The van der Waals surface area contributed by atoms with Crippen molar-refractivity contribution in [1.82, 2.24) is 0 Å². The Hall–Kier alpha value is -0.880. The molecule has 0 radical (unpaired) electrons. The van der Waals surface area contributed by atoms with E-state index >= 15 is 0 Å². The highest BCUT2D eigenvalue weighted by atomic mass is 32.2. The van der Waals surface area contributed by atoms with Crippen molar-refractivity contribution in [3.63, 3.8) is 0 Å². The molecule has 1 rings (SSSR count). The number of hydrogen-bond donors (Lipinski definition) is 1. The molecule has 0 fully saturated rings. The summed E-state index contributed by atoms with van der Waals surface area (Å²) in [6.45, 7) is 2.82. The molecule has 0 amide bonds. The molecule has 6 heteroatoms. The molecule has 0 aliphatic rings. The van der Waals surface area contributed by atoms with Crippen LogP contribution >= 0.6 is 0 Å². The van der Waals surface area contributed by atoms with Crippen molar-refractivity contribution >= 4 is 11.2 Å². The normalized spacial score (nSPS) is 14.0. The number of halogens is 3. The van der Waals surface area contributed by atoms with Gasteiger partial charge in [0.05, 0.1) is 0 Å². The second-order valence-corrected chi connectivity index (χ2v) is 4.50. The summed E-state index contributed by atoms with van der Waals surface area (Å²) >= 11 is -3.18. The number of rotatable bonds is 1. The molecule has 1 atom stereocenters. The van der Waals surface area contributed by atoms with Gasteiger partial charge in [-0.1, -0.05) is 12.1 Å². The largest absolute Gasteiger partial charge is 0.604 e. The fourth-order valence-electron chi connectivity index (χ4n) is 1.12. The van der Waals surface area contributed by atoms with Crippen LogP contribution < -0.4 is 0 Å². The average Bonchev–Trinajstić information content (AvgIpc) is 2.10. The summed E-state index contributed by atoms with van der Waals surface area (Å²) in [5.74, 6) is -0.550. The Labute approximate surface area is 87.9 Å². The molecule has 0 saturated carbocycles. The monoisotopic (exact) mass is 238 g/mol. The molecule has 2 nitrogen and oxygen atoms in total. The van der Waals surface area contributed by atoms with Gasteiger partial charge in [0.25, 0.3) is 0 Å². The Morgan fingerprint density at radius 3 is 2.13 bits per heavy atom. The van der Waals surface area contributed by atoms with Gasteiger partial charge in [-0.2, -0.15) is 0 Å². The maximum absolute atomic E-state index is 12.2. The van der Waals surface area contributed by atoms with Gasteiger partial charge in [-0.25, -0.2) is 0 Å². The van der Waals surface area contributed by atoms with Crippen molar-refractivity contribution in [3.8, 4) is 5.75 Å². The van der Waals surface area contributed by atoms with Gasteiger partial charge in [-0.15, -0.1) is 13.2 Å². The lowest BCUT2D eigenvalue weighted by atomic mass is 10.1. The van der Waals surface area contributed by atoms with E-state index < -0.39 is 27.3 Å². The zero-order valence-corrected chi connectivity index (χ0v) is 8.87. The Bertz CT molecular complexity index is 376. The summed E-state index contributed by atoms with van der Waals surface area (Å²) in [4.78, 5) is -0.553. The Balaban J connectivity index is 3.31. The molecule has 1 aromatic rings. The van der Waals surface area contributed by atoms with E-state index in [2.05, 4.69) is 0 Å². The van der Waals surface area contributed by atoms with Gasteiger partial charge in [0.1, 0.15) is 11.2 Å². The van der Waals surface area contributed by atoms with Crippen molar-refractivity contribution in [2.75, 3.05) is 0 Å². The lowest BCUT2D eigenvalue weighted by molar-refractivity contribution is -0.0436. The lowest BCUT2D eigenvalue weighted by Gasteiger charge is -2.15. The smallest absolute Gasteiger partial charge is 0.578 e. The predicted octanol–water partition coefficient (Wildman–Crippen LogP) is 2.64. The molecule has 0 aromatic heterocycles. The van der Waals surface area contributed by atoms with Crippen LogP contribution in [0.1, 0.15) is 11.1 Å². The van der Waals surface area contributed by atoms with Gasteiger partial charge in [0.2, 0.25) is 4.90 Å². The van der Waals surface area contributed by atoms with Crippen LogP contribution in [0.4, 0.5) is 13.2 Å². The van der Waals surface area contributed by atoms with Gasteiger partial charge in [0.15, 0.2) is 5.75 Å². The third-order valence-electron chi connectivity index (χ3n) is 1.93. The second kappa shape index (κ2) is 3.94. The first-order valence-electron chi connectivity index (χ1n) is 4.03. The fourth-order valence-corrected chi connectivity index (χ4v) is 2.05. The number of hydrogen-bond acceptors (Lipinski definition) is 2. The molecule has 15 heavy (non-hydrogen) atoms. The summed E-state index contributed by atoms with van der Waals surface area (Å²) in [6.07, 6.45) is 0. The van der Waals surface area contributed by atoms with Crippen LogP contribution in [0.15, 0.2) is 17.0 Å². The van der Waals surface area contributed by atoms with Crippen LogP contribution in [0, 0.1) is 13.8 Å². The minimum Gasteiger partial charge on any atom is -0.604 e. The maximum Gasteiger partial charge on any atom is 0.578 e. The van der Waals surface area contributed by atoms with E-state index in [4.69, 9.17) is 0 Å². The molecular formula is C9H9F3O2S. The van der Waals surface area contributed by atoms with Crippen molar-refractivity contribution in [1.29, 1.82) is 0 Å². The van der Waals surface area contributed by atoms with E-state index in [9.17, 15) is 22.8 Å². The van der Waals surface area contributed by atoms with Gasteiger partial charge in [0, 0.05) is 5.56 Å². The number of alkyl halides is 3. The molecule has 0 aliphatic heterocycles. The van der Waals surface area contributed by atoms with E-state index in [1.165, 1.54) is 26.0 Å². The second-order valence-electron chi connectivity index (χ2n) is 3.09. The summed E-state index contributed by atoms with van der Waals surface area (Å²) in [5.41, 5.74) is -4.42. The van der Waals surface area contributed by atoms with Crippen molar-refractivity contribution in [3.05, 3.63) is 23.3 Å². The first-order valence-corrected chi connectivity index (χ1v) is 5.18. The standard InChI is InChI=1S/C9H9F3O2S/c1-5-3-4-6(2)8(7(5)13)15(14)9(10,11)12/h3-4,13H,1-2H3. The van der Waals surface area contributed by atoms with Crippen molar-refractivity contribution in [2.24, 2.45) is 0 Å². The molecule has 0 bridgehead atoms. The van der Waals surface area contributed by atoms with E-state index in [1.807, 2.05) is 0 Å². The van der Waals surface area contributed by atoms with Crippen LogP contribution in [0.3, 0.4) is 0 Å². The van der Waals surface area contributed by atoms with E-state index in [0.29, 0.717) is 0 Å². The highest BCUT2D eigenvalue weighted by molar-refractivity contribution is 7.92. The zero-order chi connectivity index (χ0) is 11.8. The van der Waals surface area contributed by atoms with Gasteiger partial charge >= 0.3 is 5.51 Å². The summed E-state index contributed by atoms with van der Waals surface area (Å²) in [7, 11) is 0. The minimum atomic E-state index is -4.85. The molecule has 0 heterocycles. The van der Waals surface area contributed by atoms with Crippen LogP contribution in [0.5, 0.6) is 5.75 Å². The van der Waals surface area contributed by atoms with Crippen molar-refractivity contribution < 1.29 is 22.8 Å². The Morgan fingerprint density at radius 1 is 1.20 bits per heavy atom. The predicted molar refractivity (Wildman–Crippen MR) is 50.0 cm³/mol. The molecule has 1 N–H and O–H groups in total. The van der Waals surface area contributed by atoms with E-state index in [-0.39, 0.29) is 11.1 Å². The molecule has 84 valence electrons. The topological polar surface area (TPSA) is 43.3 Å². The summed E-state index contributed by atoms with van der Waals surface area (Å²) in [6, 6.07) is 2.87. The number of phenols is 1. The van der Waals surface area contributed by atoms with Gasteiger partial charge in [-0.3, -0.25) is 0 Å².